The molecule has 4 amide bonds. The van der Waals surface area contributed by atoms with Crippen molar-refractivity contribution in [3.05, 3.63) is 35.9 Å². The van der Waals surface area contributed by atoms with Crippen molar-refractivity contribution in [3.8, 4) is 0 Å². The number of rotatable bonds is 22. The van der Waals surface area contributed by atoms with E-state index < -0.39 is 18.2 Å². The summed E-state index contributed by atoms with van der Waals surface area (Å²) in [7, 11) is 0. The standard InChI is InChI=1S/C36H59N5O5/c1-2-3-4-5-6-7-8-9-10-15-24-38-34(43)32-23-18-27-41(32)35(44)31(40-33(42)30-22-17-26-37-30)21-14-16-25-39-36(45)46-28-29-19-12-11-13-20-29/h11-13,19-20,30-32,37H,2-10,14-18,21-28H2,1H3,(H,38,43)(H,39,45)(H,40,42)/t30-,31-,32-/m0/s1. The molecule has 0 aliphatic carbocycles. The molecule has 2 fully saturated rings. The summed E-state index contributed by atoms with van der Waals surface area (Å²) in [6.45, 7) is 4.77. The maximum atomic E-state index is 13.8. The van der Waals surface area contributed by atoms with Gasteiger partial charge < -0.3 is 30.9 Å². The van der Waals surface area contributed by atoms with Crippen molar-refractivity contribution in [1.82, 2.24) is 26.2 Å². The molecule has 258 valence electrons. The topological polar surface area (TPSA) is 129 Å². The number of benzene rings is 1. The van der Waals surface area contributed by atoms with Crippen LogP contribution in [-0.2, 0) is 25.7 Å². The second-order valence-electron chi connectivity index (χ2n) is 12.9. The van der Waals surface area contributed by atoms with Gasteiger partial charge in [0.1, 0.15) is 18.7 Å². The van der Waals surface area contributed by atoms with Gasteiger partial charge in [-0.2, -0.15) is 0 Å². The van der Waals surface area contributed by atoms with Gasteiger partial charge in [-0.25, -0.2) is 4.79 Å². The highest BCUT2D eigenvalue weighted by Crippen LogP contribution is 2.20. The van der Waals surface area contributed by atoms with Gasteiger partial charge in [-0.1, -0.05) is 95.0 Å². The zero-order valence-corrected chi connectivity index (χ0v) is 28.2. The van der Waals surface area contributed by atoms with E-state index in [1.807, 2.05) is 30.3 Å². The zero-order chi connectivity index (χ0) is 32.8. The summed E-state index contributed by atoms with van der Waals surface area (Å²) < 4.78 is 5.26. The van der Waals surface area contributed by atoms with E-state index in [0.717, 1.165) is 44.2 Å². The van der Waals surface area contributed by atoms with Crippen LogP contribution < -0.4 is 21.3 Å². The molecule has 3 atom stereocenters. The van der Waals surface area contributed by atoms with E-state index in [2.05, 4.69) is 28.2 Å². The molecule has 2 heterocycles. The largest absolute Gasteiger partial charge is 0.445 e. The molecule has 2 aliphatic rings. The van der Waals surface area contributed by atoms with Crippen LogP contribution in [0.2, 0.25) is 0 Å². The molecule has 0 radical (unpaired) electrons. The summed E-state index contributed by atoms with van der Waals surface area (Å²) in [6, 6.07) is 7.98. The number of amides is 4. The Hall–Kier alpha value is -3.14. The monoisotopic (exact) mass is 641 g/mol. The third kappa shape index (κ3) is 14.1. The molecule has 10 heteroatoms. The SMILES string of the molecule is CCCCCCCCCCCCNC(=O)[C@@H]1CCCN1C(=O)[C@H](CCCCNC(=O)OCc1ccccc1)NC(=O)[C@@H]1CCCN1. The first kappa shape index (κ1) is 37.3. The summed E-state index contributed by atoms with van der Waals surface area (Å²) in [4.78, 5) is 53.7. The summed E-state index contributed by atoms with van der Waals surface area (Å²) in [6.07, 6.45) is 16.7. The fourth-order valence-corrected chi connectivity index (χ4v) is 6.32. The average Bonchev–Trinajstić information content (AvgIpc) is 3.79. The number of ether oxygens (including phenoxy) is 1. The Bertz CT molecular complexity index is 1030. The maximum absolute atomic E-state index is 13.8. The summed E-state index contributed by atoms with van der Waals surface area (Å²) in [5.74, 6) is -0.458. The quantitative estimate of drug-likeness (QED) is 0.126. The normalized spacial score (nSPS) is 18.2. The Morgan fingerprint density at radius 3 is 2.20 bits per heavy atom. The molecule has 0 aromatic heterocycles. The van der Waals surface area contributed by atoms with Crippen LogP contribution in [0.25, 0.3) is 0 Å². The van der Waals surface area contributed by atoms with E-state index >= 15 is 0 Å². The highest BCUT2D eigenvalue weighted by atomic mass is 16.5. The van der Waals surface area contributed by atoms with Gasteiger partial charge in [-0.05, 0) is 63.5 Å². The van der Waals surface area contributed by atoms with E-state index in [1.165, 1.54) is 51.4 Å². The van der Waals surface area contributed by atoms with Gasteiger partial charge in [0.2, 0.25) is 17.7 Å². The lowest BCUT2D eigenvalue weighted by atomic mass is 10.1. The number of alkyl carbamates (subject to hydrolysis) is 1. The molecule has 3 rings (SSSR count). The van der Waals surface area contributed by atoms with Gasteiger partial charge in [0.25, 0.3) is 0 Å². The Labute approximate surface area is 276 Å². The molecule has 2 aliphatic heterocycles. The van der Waals surface area contributed by atoms with Gasteiger partial charge >= 0.3 is 6.09 Å². The fourth-order valence-electron chi connectivity index (χ4n) is 6.32. The van der Waals surface area contributed by atoms with Crippen molar-refractivity contribution in [1.29, 1.82) is 0 Å². The van der Waals surface area contributed by atoms with E-state index in [-0.39, 0.29) is 30.4 Å². The second-order valence-corrected chi connectivity index (χ2v) is 12.9. The van der Waals surface area contributed by atoms with E-state index in [4.69, 9.17) is 4.74 Å². The Kier molecular flexibility index (Phi) is 18.2. The number of nitrogens with zero attached hydrogens (tertiary/aromatic N) is 1. The molecule has 0 spiro atoms. The van der Waals surface area contributed by atoms with E-state index in [0.29, 0.717) is 45.3 Å². The number of carbonyl (C=O) groups excluding carboxylic acids is 4. The number of nitrogens with one attached hydrogen (secondary N) is 4. The first-order valence-corrected chi connectivity index (χ1v) is 18.1. The van der Waals surface area contributed by atoms with Crippen molar-refractivity contribution in [3.63, 3.8) is 0 Å². The highest BCUT2D eigenvalue weighted by molar-refractivity contribution is 5.93. The zero-order valence-electron chi connectivity index (χ0n) is 28.2. The molecular formula is C36H59N5O5. The average molecular weight is 642 g/mol. The summed E-state index contributed by atoms with van der Waals surface area (Å²) >= 11 is 0. The van der Waals surface area contributed by atoms with Crippen LogP contribution in [0.4, 0.5) is 4.79 Å². The highest BCUT2D eigenvalue weighted by Gasteiger charge is 2.38. The molecule has 10 nitrogen and oxygen atoms in total. The molecule has 0 unspecified atom stereocenters. The minimum atomic E-state index is -0.713. The Balaban J connectivity index is 1.40. The Morgan fingerprint density at radius 2 is 1.50 bits per heavy atom. The summed E-state index contributed by atoms with van der Waals surface area (Å²) in [5, 5.41) is 12.0. The minimum absolute atomic E-state index is 0.0949. The lowest BCUT2D eigenvalue weighted by molar-refractivity contribution is -0.141. The van der Waals surface area contributed by atoms with Crippen LogP contribution in [-0.4, -0.2) is 73.0 Å². The third-order valence-corrected chi connectivity index (χ3v) is 9.06. The first-order valence-electron chi connectivity index (χ1n) is 18.1. The van der Waals surface area contributed by atoms with Crippen molar-refractivity contribution in [2.75, 3.05) is 26.2 Å². The maximum Gasteiger partial charge on any atom is 0.407 e. The smallest absolute Gasteiger partial charge is 0.407 e. The number of hydrogen-bond donors (Lipinski definition) is 4. The summed E-state index contributed by atoms with van der Waals surface area (Å²) in [5.41, 5.74) is 0.916. The molecule has 1 aromatic carbocycles. The van der Waals surface area contributed by atoms with Crippen molar-refractivity contribution in [2.45, 2.75) is 141 Å². The molecular weight excluding hydrogens is 582 g/mol. The molecule has 1 aromatic rings. The van der Waals surface area contributed by atoms with Crippen LogP contribution in [0.1, 0.15) is 122 Å². The van der Waals surface area contributed by atoms with Crippen LogP contribution in [0.3, 0.4) is 0 Å². The molecule has 4 N–H and O–H groups in total. The molecule has 0 bridgehead atoms. The first-order chi connectivity index (χ1) is 22.5. The van der Waals surface area contributed by atoms with E-state index in [9.17, 15) is 19.2 Å². The van der Waals surface area contributed by atoms with Crippen molar-refractivity contribution >= 4 is 23.8 Å². The fraction of sp³-hybridized carbons (Fsp3) is 0.722. The molecule has 0 saturated carbocycles. The number of unbranched alkanes of at least 4 members (excludes halogenated alkanes) is 10. The second kappa shape index (κ2) is 22.4. The minimum Gasteiger partial charge on any atom is -0.445 e. The van der Waals surface area contributed by atoms with Gasteiger partial charge in [0.15, 0.2) is 0 Å². The number of hydrogen-bond acceptors (Lipinski definition) is 6. The van der Waals surface area contributed by atoms with Gasteiger partial charge in [-0.3, -0.25) is 14.4 Å². The third-order valence-electron chi connectivity index (χ3n) is 9.06. The van der Waals surface area contributed by atoms with Gasteiger partial charge in [0, 0.05) is 19.6 Å². The van der Waals surface area contributed by atoms with Crippen LogP contribution in [0.5, 0.6) is 0 Å². The van der Waals surface area contributed by atoms with Crippen molar-refractivity contribution < 1.29 is 23.9 Å². The molecule has 46 heavy (non-hydrogen) atoms. The Morgan fingerprint density at radius 1 is 0.826 bits per heavy atom. The van der Waals surface area contributed by atoms with E-state index in [1.54, 1.807) is 4.90 Å². The number of carbonyl (C=O) groups is 4. The predicted molar refractivity (Wildman–Crippen MR) is 181 cm³/mol. The number of likely N-dealkylation sites (tertiary alicyclic amines) is 1. The van der Waals surface area contributed by atoms with Gasteiger partial charge in [0.05, 0.1) is 6.04 Å². The van der Waals surface area contributed by atoms with Crippen LogP contribution >= 0.6 is 0 Å². The van der Waals surface area contributed by atoms with Crippen molar-refractivity contribution in [2.24, 2.45) is 0 Å². The van der Waals surface area contributed by atoms with Gasteiger partial charge in [-0.15, -0.1) is 0 Å². The van der Waals surface area contributed by atoms with Crippen LogP contribution in [0.15, 0.2) is 30.3 Å². The molecule has 2 saturated heterocycles. The van der Waals surface area contributed by atoms with Crippen LogP contribution in [0, 0.1) is 0 Å². The predicted octanol–water partition coefficient (Wildman–Crippen LogP) is 5.35. The lowest BCUT2D eigenvalue weighted by Crippen LogP contribution is -2.55. The lowest BCUT2D eigenvalue weighted by Gasteiger charge is -2.29.